The fourth-order valence-electron chi connectivity index (χ4n) is 3.45. The predicted octanol–water partition coefficient (Wildman–Crippen LogP) is 3.69. The molecule has 0 bridgehead atoms. The number of imidazole rings is 1. The van der Waals surface area contributed by atoms with E-state index in [1.807, 2.05) is 54.1 Å². The lowest BCUT2D eigenvalue weighted by Gasteiger charge is -2.25. The van der Waals surface area contributed by atoms with E-state index in [0.29, 0.717) is 5.69 Å². The van der Waals surface area contributed by atoms with E-state index in [0.717, 1.165) is 21.1 Å². The van der Waals surface area contributed by atoms with Crippen molar-refractivity contribution in [2.24, 2.45) is 0 Å². The van der Waals surface area contributed by atoms with Gasteiger partial charge in [-0.3, -0.25) is 9.10 Å². The van der Waals surface area contributed by atoms with E-state index in [1.165, 1.54) is 12.1 Å². The number of para-hydroxylation sites is 1. The Morgan fingerprint density at radius 2 is 1.67 bits per heavy atom. The first-order valence-corrected chi connectivity index (χ1v) is 11.9. The number of aryl methyl sites for hydroxylation is 1. The summed E-state index contributed by atoms with van der Waals surface area (Å²) in [4.78, 5) is 17.0. The average Bonchev–Trinajstić information content (AvgIpc) is 3.38. The largest absolute Gasteiger partial charge is 0.350 e. The molecule has 0 aliphatic carbocycles. The van der Waals surface area contributed by atoms with Gasteiger partial charge in [-0.15, -0.1) is 0 Å². The summed E-state index contributed by atoms with van der Waals surface area (Å²) in [6.07, 6.45) is 5.27. The lowest BCUT2D eigenvalue weighted by atomic mass is 10.2. The summed E-state index contributed by atoms with van der Waals surface area (Å²) < 4.78 is 29.8. The number of nitrogens with one attached hydrogen (secondary N) is 1. The Kier molecular flexibility index (Phi) is 6.55. The second-order valence-electron chi connectivity index (χ2n) is 7.52. The number of benzene rings is 3. The number of aromatic nitrogens is 2. The van der Waals surface area contributed by atoms with Crippen molar-refractivity contribution in [1.82, 2.24) is 14.9 Å². The summed E-state index contributed by atoms with van der Waals surface area (Å²) >= 11 is 0. The Hall–Kier alpha value is -3.91. The topological polar surface area (TPSA) is 84.3 Å². The van der Waals surface area contributed by atoms with E-state index < -0.39 is 15.9 Å². The fourth-order valence-corrected chi connectivity index (χ4v) is 4.95. The Morgan fingerprint density at radius 3 is 2.33 bits per heavy atom. The first-order valence-electron chi connectivity index (χ1n) is 10.4. The van der Waals surface area contributed by atoms with Gasteiger partial charge in [0.25, 0.3) is 10.0 Å². The SMILES string of the molecule is Cc1ccccc1N(CC(=O)NCc1ccc(-n2ccnc2)cc1)S(=O)(=O)c1ccccc1. The summed E-state index contributed by atoms with van der Waals surface area (Å²) in [6, 6.07) is 22.9. The van der Waals surface area contributed by atoms with Crippen LogP contribution in [0, 0.1) is 6.92 Å². The van der Waals surface area contributed by atoms with Gasteiger partial charge in [0.05, 0.1) is 16.9 Å². The molecule has 0 unspecified atom stereocenters. The van der Waals surface area contributed by atoms with Crippen LogP contribution >= 0.6 is 0 Å². The lowest BCUT2D eigenvalue weighted by Crippen LogP contribution is -2.41. The van der Waals surface area contributed by atoms with Crippen LogP contribution in [0.4, 0.5) is 5.69 Å². The molecule has 4 aromatic rings. The molecule has 3 aromatic carbocycles. The Morgan fingerprint density at radius 1 is 0.970 bits per heavy atom. The van der Waals surface area contributed by atoms with Crippen LogP contribution in [0.2, 0.25) is 0 Å². The molecule has 168 valence electrons. The van der Waals surface area contributed by atoms with E-state index in [9.17, 15) is 13.2 Å². The van der Waals surface area contributed by atoms with Gasteiger partial charge in [-0.25, -0.2) is 13.4 Å². The number of amides is 1. The number of nitrogens with zero attached hydrogens (tertiary/aromatic N) is 3. The zero-order valence-electron chi connectivity index (χ0n) is 18.1. The lowest BCUT2D eigenvalue weighted by molar-refractivity contribution is -0.119. The van der Waals surface area contributed by atoms with Crippen molar-refractivity contribution in [3.05, 3.63) is 109 Å². The number of carbonyl (C=O) groups excluding carboxylic acids is 1. The summed E-state index contributed by atoms with van der Waals surface area (Å²) in [7, 11) is -3.92. The molecule has 7 nitrogen and oxygen atoms in total. The molecule has 1 amide bonds. The van der Waals surface area contributed by atoms with Gasteiger partial charge in [0.15, 0.2) is 0 Å². The van der Waals surface area contributed by atoms with E-state index in [1.54, 1.807) is 42.9 Å². The number of sulfonamides is 1. The zero-order chi connectivity index (χ0) is 23.3. The molecule has 0 saturated carbocycles. The summed E-state index contributed by atoms with van der Waals surface area (Å²) in [5.74, 6) is -0.392. The second kappa shape index (κ2) is 9.70. The van der Waals surface area contributed by atoms with Gasteiger partial charge < -0.3 is 9.88 Å². The van der Waals surface area contributed by atoms with Crippen molar-refractivity contribution in [2.75, 3.05) is 10.8 Å². The van der Waals surface area contributed by atoms with Crippen molar-refractivity contribution in [3.63, 3.8) is 0 Å². The number of rotatable bonds is 8. The van der Waals surface area contributed by atoms with E-state index in [2.05, 4.69) is 10.3 Å². The molecule has 0 aliphatic rings. The Labute approximate surface area is 193 Å². The standard InChI is InChI=1S/C25H24N4O3S/c1-20-7-5-6-10-24(20)29(33(31,32)23-8-3-2-4-9-23)18-25(30)27-17-21-11-13-22(14-12-21)28-16-15-26-19-28/h2-16,19H,17-18H2,1H3,(H,27,30). The molecule has 1 aromatic heterocycles. The molecular formula is C25H24N4O3S. The highest BCUT2D eigenvalue weighted by molar-refractivity contribution is 7.92. The van der Waals surface area contributed by atoms with Crippen molar-refractivity contribution < 1.29 is 13.2 Å². The van der Waals surface area contributed by atoms with Crippen molar-refractivity contribution in [1.29, 1.82) is 0 Å². The van der Waals surface area contributed by atoms with Gasteiger partial charge in [-0.05, 0) is 48.4 Å². The quantitative estimate of drug-likeness (QED) is 0.435. The van der Waals surface area contributed by atoms with Crippen LogP contribution in [0.5, 0.6) is 0 Å². The Balaban J connectivity index is 1.50. The van der Waals surface area contributed by atoms with E-state index >= 15 is 0 Å². The smallest absolute Gasteiger partial charge is 0.264 e. The minimum absolute atomic E-state index is 0.135. The average molecular weight is 461 g/mol. The van der Waals surface area contributed by atoms with E-state index in [-0.39, 0.29) is 18.0 Å². The highest BCUT2D eigenvalue weighted by Gasteiger charge is 2.27. The van der Waals surface area contributed by atoms with Gasteiger partial charge in [0.1, 0.15) is 6.54 Å². The monoisotopic (exact) mass is 460 g/mol. The number of hydrogen-bond donors (Lipinski definition) is 1. The fraction of sp³-hybridized carbons (Fsp3) is 0.120. The highest BCUT2D eigenvalue weighted by Crippen LogP contribution is 2.26. The number of hydrogen-bond acceptors (Lipinski definition) is 4. The molecule has 4 rings (SSSR count). The van der Waals surface area contributed by atoms with Crippen LogP contribution < -0.4 is 9.62 Å². The molecule has 0 atom stereocenters. The number of anilines is 1. The van der Waals surface area contributed by atoms with Crippen molar-refractivity contribution in [3.8, 4) is 5.69 Å². The third-order valence-electron chi connectivity index (χ3n) is 5.23. The van der Waals surface area contributed by atoms with Crippen LogP contribution in [0.1, 0.15) is 11.1 Å². The van der Waals surface area contributed by atoms with Crippen LogP contribution in [0.3, 0.4) is 0 Å². The second-order valence-corrected chi connectivity index (χ2v) is 9.39. The molecule has 1 N–H and O–H groups in total. The van der Waals surface area contributed by atoms with Gasteiger partial charge in [-0.1, -0.05) is 48.5 Å². The summed E-state index contributed by atoms with van der Waals surface area (Å²) in [6.45, 7) is 1.79. The third kappa shape index (κ3) is 5.12. The zero-order valence-corrected chi connectivity index (χ0v) is 18.9. The predicted molar refractivity (Wildman–Crippen MR) is 128 cm³/mol. The van der Waals surface area contributed by atoms with Crippen LogP contribution in [-0.4, -0.2) is 30.4 Å². The minimum Gasteiger partial charge on any atom is -0.350 e. The Bertz CT molecular complexity index is 1320. The molecule has 0 radical (unpaired) electrons. The van der Waals surface area contributed by atoms with Crippen LogP contribution in [0.15, 0.2) is 102 Å². The first kappa shape index (κ1) is 22.3. The molecule has 0 saturated heterocycles. The van der Waals surface area contributed by atoms with Gasteiger partial charge in [-0.2, -0.15) is 0 Å². The van der Waals surface area contributed by atoms with Crippen molar-refractivity contribution in [2.45, 2.75) is 18.4 Å². The molecule has 0 spiro atoms. The van der Waals surface area contributed by atoms with Crippen LogP contribution in [-0.2, 0) is 21.4 Å². The minimum atomic E-state index is -3.92. The molecule has 8 heteroatoms. The molecule has 1 heterocycles. The maximum Gasteiger partial charge on any atom is 0.264 e. The van der Waals surface area contributed by atoms with Gasteiger partial charge >= 0.3 is 0 Å². The maximum atomic E-state index is 13.4. The first-order chi connectivity index (χ1) is 15.9. The van der Waals surface area contributed by atoms with Crippen molar-refractivity contribution >= 4 is 21.6 Å². The molecular weight excluding hydrogens is 436 g/mol. The van der Waals surface area contributed by atoms with Gasteiger partial charge in [0.2, 0.25) is 5.91 Å². The molecule has 33 heavy (non-hydrogen) atoms. The van der Waals surface area contributed by atoms with E-state index in [4.69, 9.17) is 0 Å². The summed E-state index contributed by atoms with van der Waals surface area (Å²) in [5.41, 5.74) is 3.10. The van der Waals surface area contributed by atoms with Gasteiger partial charge in [0, 0.05) is 24.6 Å². The normalized spacial score (nSPS) is 11.2. The molecule has 0 aliphatic heterocycles. The van der Waals surface area contributed by atoms with Crippen LogP contribution in [0.25, 0.3) is 5.69 Å². The summed E-state index contributed by atoms with van der Waals surface area (Å²) in [5, 5.41) is 2.83. The highest BCUT2D eigenvalue weighted by atomic mass is 32.2. The maximum absolute atomic E-state index is 13.4. The third-order valence-corrected chi connectivity index (χ3v) is 7.01. The number of carbonyl (C=O) groups is 1. The molecule has 0 fully saturated rings.